The van der Waals surface area contributed by atoms with Crippen LogP contribution in [0.15, 0.2) is 53.7 Å². The minimum atomic E-state index is -0.497. The van der Waals surface area contributed by atoms with Crippen molar-refractivity contribution in [3.63, 3.8) is 0 Å². The molecule has 0 saturated carbocycles. The van der Waals surface area contributed by atoms with Crippen LogP contribution in [0.3, 0.4) is 0 Å². The van der Waals surface area contributed by atoms with Crippen molar-refractivity contribution < 1.29 is 54.2 Å². The van der Waals surface area contributed by atoms with Gasteiger partial charge in [0.15, 0.2) is 5.84 Å². The van der Waals surface area contributed by atoms with E-state index in [0.29, 0.717) is 0 Å². The van der Waals surface area contributed by atoms with Gasteiger partial charge in [-0.15, -0.1) is 12.4 Å². The molecule has 0 atom stereocenters. The average Bonchev–Trinajstić information content (AvgIpc) is 2.57. The largest absolute Gasteiger partial charge is 1.00 e. The second-order valence-corrected chi connectivity index (χ2v) is 3.56. The summed E-state index contributed by atoms with van der Waals surface area (Å²) < 4.78 is 25.1. The Labute approximate surface area is 171 Å². The molecule has 2 aromatic carbocycles. The minimum Gasteiger partial charge on any atom is -0.870 e. The molecular formula is C14H16ClF2N4NaO3. The van der Waals surface area contributed by atoms with Crippen LogP contribution in [0, 0.1) is 23.0 Å². The Morgan fingerprint density at radius 3 is 1.80 bits per heavy atom. The van der Waals surface area contributed by atoms with Crippen LogP contribution in [0.5, 0.6) is 0 Å². The van der Waals surface area contributed by atoms with E-state index in [9.17, 15) is 8.78 Å². The summed E-state index contributed by atoms with van der Waals surface area (Å²) in [5, 5.41) is 25.6. The molecule has 25 heavy (non-hydrogen) atoms. The van der Waals surface area contributed by atoms with Crippen molar-refractivity contribution in [2.24, 2.45) is 16.8 Å². The molecule has 0 spiro atoms. The Hall–Kier alpha value is -1.77. The van der Waals surface area contributed by atoms with Crippen molar-refractivity contribution >= 4 is 18.2 Å². The van der Waals surface area contributed by atoms with Crippen molar-refractivity contribution in [1.29, 1.82) is 5.26 Å². The van der Waals surface area contributed by atoms with Crippen LogP contribution in [-0.2, 0) is 0 Å². The summed E-state index contributed by atoms with van der Waals surface area (Å²) >= 11 is 0. The van der Waals surface area contributed by atoms with Crippen molar-refractivity contribution in [3.8, 4) is 6.07 Å². The van der Waals surface area contributed by atoms with E-state index in [1.807, 2.05) is 0 Å². The van der Waals surface area contributed by atoms with E-state index in [0.717, 1.165) is 0 Å². The predicted molar refractivity (Wildman–Crippen MR) is 85.2 cm³/mol. The van der Waals surface area contributed by atoms with E-state index in [1.54, 1.807) is 24.3 Å². The number of nitrogens with zero attached hydrogens (tertiary/aromatic N) is 2. The molecule has 2 rings (SSSR count). The first-order chi connectivity index (χ1) is 10.6. The maximum atomic E-state index is 12.8. The molecule has 2 aromatic rings. The fraction of sp³-hybridized carbons (Fsp3) is 0. The van der Waals surface area contributed by atoms with Gasteiger partial charge >= 0.3 is 29.6 Å². The monoisotopic (exact) mass is 384 g/mol. The van der Waals surface area contributed by atoms with E-state index in [2.05, 4.69) is 11.1 Å². The Morgan fingerprint density at radius 1 is 1.00 bits per heavy atom. The topological polar surface area (TPSA) is 159 Å². The SMILES string of the molecule is Cl.N#Cc1ccccc1F.N/C(=N\O)c1ccccc1F.NO.[Na+].[OH-]. The number of halogens is 3. The van der Waals surface area contributed by atoms with E-state index >= 15 is 0 Å². The molecule has 0 bridgehead atoms. The summed E-state index contributed by atoms with van der Waals surface area (Å²) in [5.74, 6) is 2.32. The van der Waals surface area contributed by atoms with Crippen LogP contribution in [-0.4, -0.2) is 21.7 Å². The van der Waals surface area contributed by atoms with Crippen molar-refractivity contribution in [2.45, 2.75) is 0 Å². The Kier molecular flexibility index (Phi) is 23.1. The molecule has 7 N–H and O–H groups in total. The summed E-state index contributed by atoms with van der Waals surface area (Å²) in [4.78, 5) is 0. The van der Waals surface area contributed by atoms with Crippen LogP contribution in [0.1, 0.15) is 11.1 Å². The van der Waals surface area contributed by atoms with Crippen molar-refractivity contribution in [2.75, 3.05) is 0 Å². The number of benzene rings is 2. The molecular weight excluding hydrogens is 369 g/mol. The number of hydrogen-bond donors (Lipinski definition) is 4. The molecule has 132 valence electrons. The van der Waals surface area contributed by atoms with Gasteiger partial charge < -0.3 is 21.6 Å². The molecule has 0 aliphatic rings. The minimum absolute atomic E-state index is 0. The first-order valence-electron chi connectivity index (χ1n) is 5.73. The zero-order valence-corrected chi connectivity index (χ0v) is 16.0. The number of rotatable bonds is 1. The molecule has 0 radical (unpaired) electrons. The number of amidine groups is 1. The maximum absolute atomic E-state index is 12.8. The van der Waals surface area contributed by atoms with Gasteiger partial charge in [0.2, 0.25) is 0 Å². The van der Waals surface area contributed by atoms with Gasteiger partial charge in [-0.3, -0.25) is 0 Å². The molecule has 0 amide bonds. The van der Waals surface area contributed by atoms with Crippen LogP contribution in [0.4, 0.5) is 8.78 Å². The number of nitriles is 1. The van der Waals surface area contributed by atoms with Crippen molar-refractivity contribution in [1.82, 2.24) is 0 Å². The Bertz CT molecular complexity index is 673. The van der Waals surface area contributed by atoms with Gasteiger partial charge in [0.25, 0.3) is 0 Å². The molecule has 7 nitrogen and oxygen atoms in total. The molecule has 0 fully saturated rings. The summed E-state index contributed by atoms with van der Waals surface area (Å²) in [5.41, 5.74) is 5.36. The van der Waals surface area contributed by atoms with Crippen LogP contribution in [0.2, 0.25) is 0 Å². The predicted octanol–water partition coefficient (Wildman–Crippen LogP) is -0.799. The van der Waals surface area contributed by atoms with Gasteiger partial charge in [0.1, 0.15) is 17.7 Å². The van der Waals surface area contributed by atoms with Crippen LogP contribution < -0.4 is 41.2 Å². The third kappa shape index (κ3) is 11.4. The summed E-state index contributed by atoms with van der Waals surface area (Å²) in [6.07, 6.45) is 0. The molecule has 0 aliphatic heterocycles. The summed E-state index contributed by atoms with van der Waals surface area (Å²) in [6, 6.07) is 13.4. The van der Waals surface area contributed by atoms with Crippen LogP contribution in [0.25, 0.3) is 0 Å². The number of nitrogens with two attached hydrogens (primary N) is 2. The van der Waals surface area contributed by atoms with Gasteiger partial charge in [-0.2, -0.15) is 5.26 Å². The zero-order valence-electron chi connectivity index (χ0n) is 13.2. The molecule has 11 heteroatoms. The second-order valence-electron chi connectivity index (χ2n) is 3.56. The summed E-state index contributed by atoms with van der Waals surface area (Å²) in [7, 11) is 0. The molecule has 0 heterocycles. The van der Waals surface area contributed by atoms with E-state index in [4.69, 9.17) is 21.4 Å². The number of hydrogen-bond acceptors (Lipinski definition) is 6. The number of oxime groups is 1. The maximum Gasteiger partial charge on any atom is 1.00 e. The van der Waals surface area contributed by atoms with Gasteiger partial charge in [-0.1, -0.05) is 29.4 Å². The smallest absolute Gasteiger partial charge is 0.870 e. The third-order valence-electron chi connectivity index (χ3n) is 2.25. The summed E-state index contributed by atoms with van der Waals surface area (Å²) in [6.45, 7) is 0. The second kappa shape index (κ2) is 18.6. The quantitative estimate of drug-likeness (QED) is 0.166. The first kappa shape index (κ1) is 31.0. The molecule has 0 saturated heterocycles. The van der Waals surface area contributed by atoms with E-state index in [-0.39, 0.29) is 64.4 Å². The Morgan fingerprint density at radius 2 is 1.44 bits per heavy atom. The van der Waals surface area contributed by atoms with Gasteiger partial charge in [0.05, 0.1) is 11.1 Å². The fourth-order valence-electron chi connectivity index (χ4n) is 1.27. The Balaban J connectivity index is -0.000000146. The van der Waals surface area contributed by atoms with E-state index in [1.165, 1.54) is 30.3 Å². The van der Waals surface area contributed by atoms with Gasteiger partial charge in [-0.25, -0.2) is 14.7 Å². The first-order valence-corrected chi connectivity index (χ1v) is 5.73. The molecule has 0 aliphatic carbocycles. The standard InChI is InChI=1S/C7H7FN2O.C7H4FN.ClH.H3NO.Na.H2O/c8-6-4-2-1-3-5(6)7(9)10-11;8-7-4-2-1-3-6(7)5-9;;1-2;;/h1-4,11H,(H2,9,10);1-4H;1H;2H,1H2;;1H2/q;;;;+1;/p-1. The van der Waals surface area contributed by atoms with E-state index < -0.39 is 11.6 Å². The molecule has 0 aromatic heterocycles. The normalized spacial score (nSPS) is 8.36. The van der Waals surface area contributed by atoms with Crippen LogP contribution >= 0.6 is 12.4 Å². The molecule has 0 unspecified atom stereocenters. The van der Waals surface area contributed by atoms with Crippen molar-refractivity contribution in [3.05, 3.63) is 71.3 Å². The fourth-order valence-corrected chi connectivity index (χ4v) is 1.27. The average molecular weight is 385 g/mol. The van der Waals surface area contributed by atoms with Gasteiger partial charge in [-0.05, 0) is 24.3 Å². The van der Waals surface area contributed by atoms with Gasteiger partial charge in [0, 0.05) is 0 Å². The zero-order chi connectivity index (χ0) is 17.0. The third-order valence-corrected chi connectivity index (χ3v) is 2.25.